The molecule has 0 aliphatic carbocycles. The second-order valence-electron chi connectivity index (χ2n) is 6.53. The van der Waals surface area contributed by atoms with E-state index in [1.54, 1.807) is 48.5 Å². The van der Waals surface area contributed by atoms with Gasteiger partial charge in [0.1, 0.15) is 0 Å². The number of nitrogens with one attached hydrogen (secondary N) is 3. The van der Waals surface area contributed by atoms with Gasteiger partial charge in [-0.3, -0.25) is 14.3 Å². The van der Waals surface area contributed by atoms with Crippen LogP contribution in [0.2, 0.25) is 5.02 Å². The van der Waals surface area contributed by atoms with E-state index < -0.39 is 10.0 Å². The molecule has 0 bridgehead atoms. The van der Waals surface area contributed by atoms with Crippen LogP contribution in [0.1, 0.15) is 22.5 Å². The average Bonchev–Trinajstić information content (AvgIpc) is 3.28. The van der Waals surface area contributed by atoms with E-state index in [1.807, 2.05) is 5.38 Å². The van der Waals surface area contributed by atoms with Gasteiger partial charge < -0.3 is 10.6 Å². The summed E-state index contributed by atoms with van der Waals surface area (Å²) in [5.74, 6) is -0.438. The molecule has 31 heavy (non-hydrogen) atoms. The number of benzene rings is 2. The molecule has 0 saturated carbocycles. The zero-order chi connectivity index (χ0) is 22.3. The van der Waals surface area contributed by atoms with Gasteiger partial charge in [-0.2, -0.15) is 0 Å². The number of hydrogen-bond donors (Lipinski definition) is 3. The summed E-state index contributed by atoms with van der Waals surface area (Å²) in [6, 6.07) is 15.8. The summed E-state index contributed by atoms with van der Waals surface area (Å²) in [5, 5.41) is 7.76. The smallest absolute Gasteiger partial charge is 0.261 e. The van der Waals surface area contributed by atoms with Crippen molar-refractivity contribution < 1.29 is 18.0 Å². The van der Waals surface area contributed by atoms with Crippen LogP contribution in [0.4, 0.5) is 11.4 Å². The molecule has 0 atom stereocenters. The van der Waals surface area contributed by atoms with Crippen LogP contribution >= 0.6 is 22.9 Å². The molecule has 3 rings (SSSR count). The van der Waals surface area contributed by atoms with Crippen molar-refractivity contribution in [3.8, 4) is 0 Å². The highest BCUT2D eigenvalue weighted by Gasteiger charge is 2.15. The highest BCUT2D eigenvalue weighted by molar-refractivity contribution is 7.92. The highest BCUT2D eigenvalue weighted by atomic mass is 35.5. The van der Waals surface area contributed by atoms with Crippen LogP contribution in [-0.2, 0) is 14.8 Å². The molecular weight excluding hydrogens is 458 g/mol. The second kappa shape index (κ2) is 10.4. The minimum Gasteiger partial charge on any atom is -0.351 e. The van der Waals surface area contributed by atoms with E-state index in [0.29, 0.717) is 34.2 Å². The van der Waals surface area contributed by atoms with Gasteiger partial charge in [-0.25, -0.2) is 8.42 Å². The van der Waals surface area contributed by atoms with Gasteiger partial charge in [0.05, 0.1) is 9.77 Å². The van der Waals surface area contributed by atoms with E-state index in [9.17, 15) is 18.0 Å². The van der Waals surface area contributed by atoms with E-state index in [0.717, 1.165) is 0 Å². The third-order valence-electron chi connectivity index (χ3n) is 4.14. The van der Waals surface area contributed by atoms with Gasteiger partial charge in [0.2, 0.25) is 5.91 Å². The van der Waals surface area contributed by atoms with Gasteiger partial charge in [-0.1, -0.05) is 23.7 Å². The molecular formula is C21H20ClN3O4S2. The molecule has 10 heteroatoms. The maximum absolute atomic E-state index is 12.6. The molecule has 3 N–H and O–H groups in total. The number of carbonyl (C=O) groups excluding carboxylic acids is 2. The molecule has 0 spiro atoms. The fourth-order valence-corrected chi connectivity index (χ4v) is 4.51. The number of sulfonamides is 1. The van der Waals surface area contributed by atoms with Gasteiger partial charge in [-0.15, -0.1) is 11.3 Å². The number of amides is 2. The van der Waals surface area contributed by atoms with Gasteiger partial charge in [-0.05, 0) is 60.3 Å². The Hall–Kier alpha value is -2.88. The summed E-state index contributed by atoms with van der Waals surface area (Å²) in [6.07, 6.45) is 0.643. The average molecular weight is 478 g/mol. The lowest BCUT2D eigenvalue weighted by molar-refractivity contribution is -0.116. The van der Waals surface area contributed by atoms with Crippen LogP contribution < -0.4 is 15.4 Å². The molecule has 0 aliphatic heterocycles. The van der Waals surface area contributed by atoms with Crippen molar-refractivity contribution in [3.63, 3.8) is 0 Å². The van der Waals surface area contributed by atoms with E-state index in [-0.39, 0.29) is 23.1 Å². The lowest BCUT2D eigenvalue weighted by Crippen LogP contribution is -2.24. The minimum absolute atomic E-state index is 0.0171. The lowest BCUT2D eigenvalue weighted by atomic mass is 10.2. The molecule has 7 nitrogen and oxygen atoms in total. The maximum atomic E-state index is 12.6. The molecule has 2 aromatic carbocycles. The molecule has 0 unspecified atom stereocenters. The Bertz CT molecular complexity index is 1150. The molecule has 1 heterocycles. The minimum atomic E-state index is -3.83. The Morgan fingerprint density at radius 1 is 0.968 bits per heavy atom. The molecule has 0 radical (unpaired) electrons. The number of hydrogen-bond acceptors (Lipinski definition) is 5. The number of halogens is 1. The monoisotopic (exact) mass is 477 g/mol. The zero-order valence-electron chi connectivity index (χ0n) is 16.3. The maximum Gasteiger partial charge on any atom is 0.261 e. The van der Waals surface area contributed by atoms with Crippen LogP contribution in [-0.4, -0.2) is 26.8 Å². The molecule has 162 valence electrons. The Kier molecular flexibility index (Phi) is 7.67. The van der Waals surface area contributed by atoms with Crippen LogP contribution in [0.25, 0.3) is 0 Å². The highest BCUT2D eigenvalue weighted by Crippen LogP contribution is 2.21. The first-order valence-corrected chi connectivity index (χ1v) is 12.1. The normalized spacial score (nSPS) is 11.0. The third-order valence-corrected chi connectivity index (χ3v) is 6.64. The quantitative estimate of drug-likeness (QED) is 0.398. The summed E-state index contributed by atoms with van der Waals surface area (Å²) < 4.78 is 27.7. The van der Waals surface area contributed by atoms with Crippen molar-refractivity contribution in [3.05, 3.63) is 75.9 Å². The first-order chi connectivity index (χ1) is 14.8. The van der Waals surface area contributed by atoms with Crippen LogP contribution in [0, 0.1) is 0 Å². The third kappa shape index (κ3) is 6.81. The standard InChI is InChI=1S/C21H20ClN3O4S2/c22-15-8-10-16(11-9-15)25-31(28,29)18-5-1-4-17(14-18)24-20(26)7-2-12-23-21(27)19-6-3-13-30-19/h1,3-6,8-11,13-14,25H,2,7,12H2,(H,23,27)(H,24,26). The molecule has 0 fully saturated rings. The van der Waals surface area contributed by atoms with Gasteiger partial charge in [0, 0.05) is 29.4 Å². The first-order valence-electron chi connectivity index (χ1n) is 9.33. The van der Waals surface area contributed by atoms with E-state index in [1.165, 1.54) is 23.5 Å². The van der Waals surface area contributed by atoms with Crippen molar-refractivity contribution in [1.29, 1.82) is 0 Å². The fraction of sp³-hybridized carbons (Fsp3) is 0.143. The molecule has 2 amide bonds. The molecule has 1 aromatic heterocycles. The molecule has 0 saturated heterocycles. The number of carbonyl (C=O) groups is 2. The van der Waals surface area contributed by atoms with E-state index >= 15 is 0 Å². The van der Waals surface area contributed by atoms with Crippen LogP contribution in [0.5, 0.6) is 0 Å². The summed E-state index contributed by atoms with van der Waals surface area (Å²) >= 11 is 7.17. The zero-order valence-corrected chi connectivity index (χ0v) is 18.7. The summed E-state index contributed by atoms with van der Waals surface area (Å²) in [7, 11) is -3.83. The second-order valence-corrected chi connectivity index (χ2v) is 9.59. The Labute approximate surface area is 189 Å². The van der Waals surface area contributed by atoms with Crippen molar-refractivity contribution >= 4 is 56.2 Å². The summed E-state index contributed by atoms with van der Waals surface area (Å²) in [6.45, 7) is 0.365. The van der Waals surface area contributed by atoms with Crippen LogP contribution in [0.3, 0.4) is 0 Å². The Morgan fingerprint density at radius 3 is 2.45 bits per heavy atom. The van der Waals surface area contributed by atoms with E-state index in [2.05, 4.69) is 15.4 Å². The van der Waals surface area contributed by atoms with Crippen molar-refractivity contribution in [2.75, 3.05) is 16.6 Å². The predicted octanol–water partition coefficient (Wildman–Crippen LogP) is 4.35. The van der Waals surface area contributed by atoms with Crippen molar-refractivity contribution in [2.45, 2.75) is 17.7 Å². The SMILES string of the molecule is O=C(CCCNC(=O)c1cccs1)Nc1cccc(S(=O)(=O)Nc2ccc(Cl)cc2)c1. The Balaban J connectivity index is 1.51. The summed E-state index contributed by atoms with van der Waals surface area (Å²) in [4.78, 5) is 24.7. The van der Waals surface area contributed by atoms with Crippen molar-refractivity contribution in [1.82, 2.24) is 5.32 Å². The van der Waals surface area contributed by atoms with Gasteiger partial charge >= 0.3 is 0 Å². The predicted molar refractivity (Wildman–Crippen MR) is 123 cm³/mol. The molecule has 3 aromatic rings. The van der Waals surface area contributed by atoms with Gasteiger partial charge in [0.15, 0.2) is 0 Å². The lowest BCUT2D eigenvalue weighted by Gasteiger charge is -2.10. The largest absolute Gasteiger partial charge is 0.351 e. The molecule has 0 aliphatic rings. The van der Waals surface area contributed by atoms with E-state index in [4.69, 9.17) is 11.6 Å². The number of anilines is 2. The first kappa shape index (κ1) is 22.8. The fourth-order valence-electron chi connectivity index (χ4n) is 2.64. The summed E-state index contributed by atoms with van der Waals surface area (Å²) in [5.41, 5.74) is 0.745. The number of thiophene rings is 1. The Morgan fingerprint density at radius 2 is 1.74 bits per heavy atom. The van der Waals surface area contributed by atoms with Crippen LogP contribution in [0.15, 0.2) is 70.9 Å². The van der Waals surface area contributed by atoms with Crippen molar-refractivity contribution in [2.24, 2.45) is 0 Å². The number of rotatable bonds is 9. The van der Waals surface area contributed by atoms with Gasteiger partial charge in [0.25, 0.3) is 15.9 Å². The topological polar surface area (TPSA) is 104 Å².